The number of nitrogens with one attached hydrogen (secondary N) is 1. The van der Waals surface area contributed by atoms with Crippen LogP contribution in [0.5, 0.6) is 17.2 Å². The van der Waals surface area contributed by atoms with Crippen molar-refractivity contribution in [3.05, 3.63) is 53.1 Å². The molecular formula is C22H25NO4. The first-order chi connectivity index (χ1) is 12.9. The Morgan fingerprint density at radius 2 is 1.93 bits per heavy atom. The molecule has 0 saturated carbocycles. The topological polar surface area (TPSA) is 56.8 Å². The van der Waals surface area contributed by atoms with Crippen LogP contribution in [0.15, 0.2) is 36.4 Å². The van der Waals surface area contributed by atoms with Crippen LogP contribution < -0.4 is 19.5 Å². The average molecular weight is 367 g/mol. The fourth-order valence-electron chi connectivity index (χ4n) is 3.71. The van der Waals surface area contributed by atoms with E-state index in [0.29, 0.717) is 12.8 Å². The molecule has 0 bridgehead atoms. The molecule has 0 radical (unpaired) electrons. The van der Waals surface area contributed by atoms with E-state index in [4.69, 9.17) is 14.2 Å². The summed E-state index contributed by atoms with van der Waals surface area (Å²) in [5.74, 6) is 2.43. The average Bonchev–Trinajstić information content (AvgIpc) is 3.06. The molecule has 1 amide bonds. The minimum atomic E-state index is -0.309. The molecule has 2 aliphatic rings. The van der Waals surface area contributed by atoms with Crippen LogP contribution in [0.1, 0.15) is 49.4 Å². The van der Waals surface area contributed by atoms with Crippen LogP contribution in [0.25, 0.3) is 0 Å². The third kappa shape index (κ3) is 3.87. The molecule has 142 valence electrons. The Kier molecular flexibility index (Phi) is 4.46. The molecule has 1 unspecified atom stereocenters. The molecule has 0 aliphatic carbocycles. The zero-order valence-corrected chi connectivity index (χ0v) is 16.0. The molecule has 2 aromatic carbocycles. The van der Waals surface area contributed by atoms with Crippen molar-refractivity contribution >= 4 is 5.91 Å². The van der Waals surface area contributed by atoms with E-state index in [9.17, 15) is 4.79 Å². The second-order valence-corrected chi connectivity index (χ2v) is 7.91. The number of amides is 1. The fraction of sp³-hybridized carbons (Fsp3) is 0.409. The molecule has 1 atom stereocenters. The maximum absolute atomic E-state index is 12.6. The fourth-order valence-corrected chi connectivity index (χ4v) is 3.71. The maximum Gasteiger partial charge on any atom is 0.231 e. The van der Waals surface area contributed by atoms with Gasteiger partial charge in [-0.15, -0.1) is 0 Å². The van der Waals surface area contributed by atoms with Crippen molar-refractivity contribution in [1.82, 2.24) is 5.32 Å². The van der Waals surface area contributed by atoms with Crippen LogP contribution in [-0.4, -0.2) is 18.3 Å². The largest absolute Gasteiger partial charge is 0.487 e. The summed E-state index contributed by atoms with van der Waals surface area (Å²) in [6, 6.07) is 12.0. The molecular weight excluding hydrogens is 342 g/mol. The molecule has 1 N–H and O–H groups in total. The summed E-state index contributed by atoms with van der Waals surface area (Å²) in [6.45, 7) is 6.43. The zero-order chi connectivity index (χ0) is 19.0. The van der Waals surface area contributed by atoms with Crippen molar-refractivity contribution in [2.75, 3.05) is 6.79 Å². The first-order valence-corrected chi connectivity index (χ1v) is 9.37. The van der Waals surface area contributed by atoms with Gasteiger partial charge in [-0.05, 0) is 56.5 Å². The molecule has 5 heteroatoms. The summed E-state index contributed by atoms with van der Waals surface area (Å²) >= 11 is 0. The second kappa shape index (κ2) is 6.80. The van der Waals surface area contributed by atoms with Crippen molar-refractivity contribution in [1.29, 1.82) is 0 Å². The third-order valence-corrected chi connectivity index (χ3v) is 5.04. The van der Waals surface area contributed by atoms with E-state index in [1.165, 1.54) is 0 Å². The SMILES string of the molecule is Cc1ccc2c(c1)OC(C)(C)CC2NC(=O)CCc1ccc2c(c1)OCO2. The second-order valence-electron chi connectivity index (χ2n) is 7.91. The van der Waals surface area contributed by atoms with Crippen molar-refractivity contribution in [3.63, 3.8) is 0 Å². The normalized spacial score (nSPS) is 19.1. The van der Waals surface area contributed by atoms with Crippen LogP contribution in [0, 0.1) is 6.92 Å². The van der Waals surface area contributed by atoms with E-state index in [1.807, 2.05) is 31.2 Å². The van der Waals surface area contributed by atoms with Gasteiger partial charge in [-0.1, -0.05) is 18.2 Å². The van der Waals surface area contributed by atoms with Gasteiger partial charge in [0.2, 0.25) is 12.7 Å². The Bertz CT molecular complexity index is 875. The number of fused-ring (bicyclic) bond motifs is 2. The number of carbonyl (C=O) groups is 1. The molecule has 0 saturated heterocycles. The number of carbonyl (C=O) groups excluding carboxylic acids is 1. The van der Waals surface area contributed by atoms with Gasteiger partial charge in [0.05, 0.1) is 6.04 Å². The van der Waals surface area contributed by atoms with Crippen LogP contribution in [0.3, 0.4) is 0 Å². The number of hydrogen-bond acceptors (Lipinski definition) is 4. The highest BCUT2D eigenvalue weighted by Crippen LogP contribution is 2.40. The van der Waals surface area contributed by atoms with Crippen LogP contribution >= 0.6 is 0 Å². The Morgan fingerprint density at radius 3 is 2.78 bits per heavy atom. The van der Waals surface area contributed by atoms with Gasteiger partial charge in [0.15, 0.2) is 11.5 Å². The van der Waals surface area contributed by atoms with Crippen LogP contribution in [-0.2, 0) is 11.2 Å². The molecule has 0 spiro atoms. The summed E-state index contributed by atoms with van der Waals surface area (Å²) in [7, 11) is 0. The summed E-state index contributed by atoms with van der Waals surface area (Å²) < 4.78 is 16.8. The van der Waals surface area contributed by atoms with Crippen LogP contribution in [0.4, 0.5) is 0 Å². The summed E-state index contributed by atoms with van der Waals surface area (Å²) in [6.07, 6.45) is 1.84. The quantitative estimate of drug-likeness (QED) is 0.885. The standard InChI is InChI=1S/C22H25NO4/c1-14-4-7-16-17(12-22(2,3)27-19(16)10-14)23-21(24)9-6-15-5-8-18-20(11-15)26-13-25-18/h4-5,7-8,10-11,17H,6,9,12-13H2,1-3H3,(H,23,24). The predicted octanol–water partition coefficient (Wildman–Crippen LogP) is 4.07. The number of benzene rings is 2. The highest BCUT2D eigenvalue weighted by Gasteiger charge is 2.34. The molecule has 0 aromatic heterocycles. The highest BCUT2D eigenvalue weighted by molar-refractivity contribution is 5.77. The molecule has 2 aromatic rings. The molecule has 2 aliphatic heterocycles. The van der Waals surface area contributed by atoms with Gasteiger partial charge in [-0.3, -0.25) is 4.79 Å². The molecule has 4 rings (SSSR count). The first kappa shape index (κ1) is 17.7. The van der Waals surface area contributed by atoms with Crippen LogP contribution in [0.2, 0.25) is 0 Å². The predicted molar refractivity (Wildman–Crippen MR) is 102 cm³/mol. The van der Waals surface area contributed by atoms with E-state index in [0.717, 1.165) is 40.4 Å². The van der Waals surface area contributed by atoms with Crippen molar-refractivity contribution in [2.24, 2.45) is 0 Å². The van der Waals surface area contributed by atoms with Crippen molar-refractivity contribution in [2.45, 2.75) is 51.7 Å². The lowest BCUT2D eigenvalue weighted by Gasteiger charge is -2.38. The first-order valence-electron chi connectivity index (χ1n) is 9.37. The Labute approximate surface area is 159 Å². The maximum atomic E-state index is 12.6. The highest BCUT2D eigenvalue weighted by atomic mass is 16.7. The minimum absolute atomic E-state index is 0.0337. The van der Waals surface area contributed by atoms with Gasteiger partial charge in [0.25, 0.3) is 0 Å². The number of hydrogen-bond donors (Lipinski definition) is 1. The number of rotatable bonds is 4. The van der Waals surface area contributed by atoms with Gasteiger partial charge in [0.1, 0.15) is 11.4 Å². The van der Waals surface area contributed by atoms with Crippen molar-refractivity contribution < 1.29 is 19.0 Å². The smallest absolute Gasteiger partial charge is 0.231 e. The number of ether oxygens (including phenoxy) is 3. The minimum Gasteiger partial charge on any atom is -0.487 e. The third-order valence-electron chi connectivity index (χ3n) is 5.04. The Balaban J connectivity index is 1.42. The lowest BCUT2D eigenvalue weighted by molar-refractivity contribution is -0.122. The summed E-state index contributed by atoms with van der Waals surface area (Å²) in [5.41, 5.74) is 2.96. The lowest BCUT2D eigenvalue weighted by atomic mass is 9.89. The van der Waals surface area contributed by atoms with Crippen molar-refractivity contribution in [3.8, 4) is 17.2 Å². The lowest BCUT2D eigenvalue weighted by Crippen LogP contribution is -2.41. The molecule has 2 heterocycles. The number of aryl methyl sites for hydroxylation is 2. The summed E-state index contributed by atoms with van der Waals surface area (Å²) in [5, 5.41) is 3.20. The molecule has 27 heavy (non-hydrogen) atoms. The Morgan fingerprint density at radius 1 is 1.11 bits per heavy atom. The van der Waals surface area contributed by atoms with E-state index in [1.54, 1.807) is 0 Å². The van der Waals surface area contributed by atoms with Gasteiger partial charge < -0.3 is 19.5 Å². The van der Waals surface area contributed by atoms with E-state index in [-0.39, 0.29) is 24.3 Å². The monoisotopic (exact) mass is 367 g/mol. The Hall–Kier alpha value is -2.69. The van der Waals surface area contributed by atoms with E-state index in [2.05, 4.69) is 31.3 Å². The van der Waals surface area contributed by atoms with E-state index >= 15 is 0 Å². The van der Waals surface area contributed by atoms with E-state index < -0.39 is 0 Å². The zero-order valence-electron chi connectivity index (χ0n) is 16.0. The van der Waals surface area contributed by atoms with Gasteiger partial charge in [0, 0.05) is 18.4 Å². The van der Waals surface area contributed by atoms with Gasteiger partial charge in [-0.25, -0.2) is 0 Å². The summed E-state index contributed by atoms with van der Waals surface area (Å²) in [4.78, 5) is 12.6. The molecule has 5 nitrogen and oxygen atoms in total. The van der Waals surface area contributed by atoms with Gasteiger partial charge in [-0.2, -0.15) is 0 Å². The molecule has 0 fully saturated rings. The van der Waals surface area contributed by atoms with Gasteiger partial charge >= 0.3 is 0 Å².